The maximum atomic E-state index is 13.5. The SMILES string of the molecule is Cc1c(C)c(O)c2c(c1O)C(=O)c1cc(Sc3ccccc3)c(Sc3ccccc3)cc1C2=O. The molecule has 0 atom stereocenters. The molecular formula is C28H20O4S2. The first-order valence-electron chi connectivity index (χ1n) is 10.6. The maximum Gasteiger partial charge on any atom is 0.198 e. The van der Waals surface area contributed by atoms with Crippen LogP contribution in [0.25, 0.3) is 0 Å². The number of aromatic hydroxyl groups is 2. The van der Waals surface area contributed by atoms with Gasteiger partial charge in [0.1, 0.15) is 11.5 Å². The number of phenolic OH excluding ortho intramolecular Hbond substituents is 2. The summed E-state index contributed by atoms with van der Waals surface area (Å²) in [6.07, 6.45) is 0. The van der Waals surface area contributed by atoms with E-state index in [1.54, 1.807) is 26.0 Å². The highest BCUT2D eigenvalue weighted by Gasteiger charge is 2.37. The van der Waals surface area contributed by atoms with E-state index in [0.717, 1.165) is 19.6 Å². The van der Waals surface area contributed by atoms with Crippen LogP contribution in [-0.4, -0.2) is 21.8 Å². The van der Waals surface area contributed by atoms with Crippen LogP contribution in [0.5, 0.6) is 11.5 Å². The predicted molar refractivity (Wildman–Crippen MR) is 134 cm³/mol. The van der Waals surface area contributed by atoms with Gasteiger partial charge in [0, 0.05) is 30.7 Å². The Morgan fingerprint density at radius 1 is 0.588 bits per heavy atom. The van der Waals surface area contributed by atoms with Crippen LogP contribution in [0.15, 0.2) is 92.4 Å². The highest BCUT2D eigenvalue weighted by molar-refractivity contribution is 8.02. The largest absolute Gasteiger partial charge is 0.507 e. The molecule has 0 spiro atoms. The summed E-state index contributed by atoms with van der Waals surface area (Å²) >= 11 is 3.02. The molecule has 0 aromatic heterocycles. The van der Waals surface area contributed by atoms with E-state index in [9.17, 15) is 19.8 Å². The van der Waals surface area contributed by atoms with Crippen LogP contribution in [0.3, 0.4) is 0 Å². The number of phenols is 2. The minimum atomic E-state index is -0.466. The predicted octanol–water partition coefficient (Wildman–Crippen LogP) is 6.79. The van der Waals surface area contributed by atoms with Gasteiger partial charge >= 0.3 is 0 Å². The van der Waals surface area contributed by atoms with Gasteiger partial charge in [0.25, 0.3) is 0 Å². The second-order valence-corrected chi connectivity index (χ2v) is 10.3. The van der Waals surface area contributed by atoms with Crippen molar-refractivity contribution >= 4 is 35.1 Å². The topological polar surface area (TPSA) is 74.6 Å². The van der Waals surface area contributed by atoms with Gasteiger partial charge in [-0.15, -0.1) is 0 Å². The lowest BCUT2D eigenvalue weighted by atomic mass is 9.81. The van der Waals surface area contributed by atoms with Crippen molar-refractivity contribution in [2.24, 2.45) is 0 Å². The highest BCUT2D eigenvalue weighted by atomic mass is 32.2. The van der Waals surface area contributed by atoms with E-state index < -0.39 is 11.6 Å². The number of rotatable bonds is 4. The van der Waals surface area contributed by atoms with E-state index in [1.807, 2.05) is 60.7 Å². The van der Waals surface area contributed by atoms with Crippen molar-refractivity contribution in [1.29, 1.82) is 0 Å². The lowest BCUT2D eigenvalue weighted by Crippen LogP contribution is -2.22. The zero-order chi connectivity index (χ0) is 24.0. The van der Waals surface area contributed by atoms with E-state index >= 15 is 0 Å². The fraction of sp³-hybridized carbons (Fsp3) is 0.0714. The van der Waals surface area contributed by atoms with Gasteiger partial charge in [0.2, 0.25) is 0 Å². The number of hydrogen-bond donors (Lipinski definition) is 2. The standard InChI is InChI=1S/C28H20O4S2/c1-15-16(2)26(30)24-23(25(15)29)27(31)19-13-21(33-17-9-5-3-6-10-17)22(14-20(19)28(24)32)34-18-11-7-4-8-12-18/h3-14,29-30H,1-2H3. The maximum absolute atomic E-state index is 13.5. The molecule has 4 aromatic carbocycles. The molecule has 1 aliphatic carbocycles. The molecule has 0 bridgehead atoms. The molecule has 0 saturated carbocycles. The van der Waals surface area contributed by atoms with Crippen molar-refractivity contribution in [3.05, 3.63) is 106 Å². The molecule has 2 N–H and O–H groups in total. The molecule has 34 heavy (non-hydrogen) atoms. The molecule has 0 fully saturated rings. The summed E-state index contributed by atoms with van der Waals surface area (Å²) in [5, 5.41) is 21.4. The van der Waals surface area contributed by atoms with Gasteiger partial charge in [-0.1, -0.05) is 59.9 Å². The zero-order valence-corrected chi connectivity index (χ0v) is 20.1. The summed E-state index contributed by atoms with van der Waals surface area (Å²) in [6, 6.07) is 23.1. The third kappa shape index (κ3) is 3.69. The van der Waals surface area contributed by atoms with Gasteiger partial charge in [0.05, 0.1) is 11.1 Å². The van der Waals surface area contributed by atoms with Crippen molar-refractivity contribution < 1.29 is 19.8 Å². The Morgan fingerprint density at radius 2 is 0.941 bits per heavy atom. The molecule has 0 radical (unpaired) electrons. The summed E-state index contributed by atoms with van der Waals surface area (Å²) in [5.41, 5.74) is 0.971. The Morgan fingerprint density at radius 3 is 1.29 bits per heavy atom. The van der Waals surface area contributed by atoms with Crippen molar-refractivity contribution in [3.63, 3.8) is 0 Å². The van der Waals surface area contributed by atoms with Gasteiger partial charge in [-0.25, -0.2) is 0 Å². The molecule has 6 heteroatoms. The van der Waals surface area contributed by atoms with Gasteiger partial charge < -0.3 is 10.2 Å². The molecule has 0 aliphatic heterocycles. The fourth-order valence-corrected chi connectivity index (χ4v) is 6.02. The zero-order valence-electron chi connectivity index (χ0n) is 18.5. The molecule has 0 heterocycles. The van der Waals surface area contributed by atoms with Crippen molar-refractivity contribution in [2.45, 2.75) is 33.4 Å². The fourth-order valence-electron chi connectivity index (χ4n) is 4.00. The minimum Gasteiger partial charge on any atom is -0.507 e. The van der Waals surface area contributed by atoms with E-state index in [-0.39, 0.29) is 33.8 Å². The molecule has 0 saturated heterocycles. The summed E-state index contributed by atoms with van der Waals surface area (Å²) in [4.78, 5) is 30.7. The second kappa shape index (κ2) is 8.70. The summed E-state index contributed by atoms with van der Waals surface area (Å²) in [5.74, 6) is -1.44. The minimum absolute atomic E-state index is 0.128. The Hall–Kier alpha value is -3.48. The summed E-state index contributed by atoms with van der Waals surface area (Å²) in [7, 11) is 0. The van der Waals surface area contributed by atoms with Gasteiger partial charge in [0.15, 0.2) is 11.6 Å². The Bertz CT molecular complexity index is 1350. The smallest absolute Gasteiger partial charge is 0.198 e. The summed E-state index contributed by atoms with van der Waals surface area (Å²) in [6.45, 7) is 3.24. The van der Waals surface area contributed by atoms with Crippen LogP contribution in [0.4, 0.5) is 0 Å². The van der Waals surface area contributed by atoms with E-state index in [4.69, 9.17) is 0 Å². The lowest BCUT2D eigenvalue weighted by molar-refractivity contribution is 0.0973. The Balaban J connectivity index is 1.71. The van der Waals surface area contributed by atoms with Crippen LogP contribution >= 0.6 is 23.5 Å². The normalized spacial score (nSPS) is 12.4. The third-order valence-electron chi connectivity index (χ3n) is 5.97. The van der Waals surface area contributed by atoms with Gasteiger partial charge in [-0.05, 0) is 61.4 Å². The van der Waals surface area contributed by atoms with Crippen LogP contribution in [0.2, 0.25) is 0 Å². The second-order valence-electron chi connectivity index (χ2n) is 8.03. The molecule has 0 amide bonds. The first-order chi connectivity index (χ1) is 16.4. The molecule has 5 rings (SSSR count). The van der Waals surface area contributed by atoms with Crippen molar-refractivity contribution in [1.82, 2.24) is 0 Å². The molecule has 4 aromatic rings. The van der Waals surface area contributed by atoms with Crippen LogP contribution < -0.4 is 0 Å². The summed E-state index contributed by atoms with van der Waals surface area (Å²) < 4.78 is 0. The Kier molecular flexibility index (Phi) is 5.71. The van der Waals surface area contributed by atoms with Gasteiger partial charge in [-0.3, -0.25) is 9.59 Å². The van der Waals surface area contributed by atoms with Crippen LogP contribution in [0.1, 0.15) is 43.0 Å². The number of fused-ring (bicyclic) bond motifs is 2. The molecule has 1 aliphatic rings. The molecule has 0 unspecified atom stereocenters. The monoisotopic (exact) mass is 484 g/mol. The number of hydrogen-bond acceptors (Lipinski definition) is 6. The quantitative estimate of drug-likeness (QED) is 0.274. The van der Waals surface area contributed by atoms with E-state index in [1.165, 1.54) is 23.5 Å². The molecule has 4 nitrogen and oxygen atoms in total. The van der Waals surface area contributed by atoms with Crippen molar-refractivity contribution in [2.75, 3.05) is 0 Å². The number of ketones is 2. The number of benzene rings is 4. The molecular weight excluding hydrogens is 464 g/mol. The first-order valence-corrected chi connectivity index (χ1v) is 12.3. The van der Waals surface area contributed by atoms with Crippen LogP contribution in [0, 0.1) is 13.8 Å². The lowest BCUT2D eigenvalue weighted by Gasteiger charge is -2.23. The first kappa shape index (κ1) is 22.3. The Labute approximate surface area is 205 Å². The van der Waals surface area contributed by atoms with E-state index in [0.29, 0.717) is 11.1 Å². The number of carbonyl (C=O) groups is 2. The third-order valence-corrected chi connectivity index (χ3v) is 8.23. The highest BCUT2D eigenvalue weighted by Crippen LogP contribution is 2.46. The average Bonchev–Trinajstić information content (AvgIpc) is 2.85. The van der Waals surface area contributed by atoms with E-state index in [2.05, 4.69) is 0 Å². The molecule has 168 valence electrons. The average molecular weight is 485 g/mol. The van der Waals surface area contributed by atoms with Crippen molar-refractivity contribution in [3.8, 4) is 11.5 Å². The van der Waals surface area contributed by atoms with Gasteiger partial charge in [-0.2, -0.15) is 0 Å². The number of carbonyl (C=O) groups excluding carboxylic acids is 2. The van der Waals surface area contributed by atoms with Crippen LogP contribution in [-0.2, 0) is 0 Å².